The first-order valence-corrected chi connectivity index (χ1v) is 8.53. The molecule has 1 amide bonds. The van der Waals surface area contributed by atoms with E-state index >= 15 is 0 Å². The second-order valence-corrected chi connectivity index (χ2v) is 6.96. The van der Waals surface area contributed by atoms with E-state index < -0.39 is 5.54 Å². The predicted octanol–water partition coefficient (Wildman–Crippen LogP) is 4.47. The van der Waals surface area contributed by atoms with Crippen LogP contribution in [0.25, 0.3) is 4.85 Å². The third-order valence-corrected chi connectivity index (χ3v) is 4.92. The molecular weight excluding hydrogens is 346 g/mol. The van der Waals surface area contributed by atoms with Crippen molar-refractivity contribution in [2.75, 3.05) is 16.9 Å². The van der Waals surface area contributed by atoms with E-state index in [4.69, 9.17) is 23.5 Å². The third kappa shape index (κ3) is 2.71. The highest BCUT2D eigenvalue weighted by molar-refractivity contribution is 7.81. The maximum absolute atomic E-state index is 13.1. The van der Waals surface area contributed by atoms with Crippen LogP contribution in [0, 0.1) is 13.5 Å². The molecule has 0 radical (unpaired) electrons. The van der Waals surface area contributed by atoms with Crippen molar-refractivity contribution in [1.29, 1.82) is 0 Å². The maximum Gasteiger partial charge on any atom is 0.259 e. The van der Waals surface area contributed by atoms with Crippen molar-refractivity contribution >= 4 is 40.3 Å². The Morgan fingerprint density at radius 2 is 1.73 bits per heavy atom. The molecular formula is C20H19N3O2S. The fourth-order valence-electron chi connectivity index (χ4n) is 3.09. The van der Waals surface area contributed by atoms with Gasteiger partial charge in [0.2, 0.25) is 0 Å². The molecule has 0 N–H and O–H groups in total. The van der Waals surface area contributed by atoms with Gasteiger partial charge in [-0.15, -0.1) is 0 Å². The minimum absolute atomic E-state index is 0.103. The number of benzene rings is 2. The van der Waals surface area contributed by atoms with Crippen molar-refractivity contribution in [2.24, 2.45) is 0 Å². The van der Waals surface area contributed by atoms with Gasteiger partial charge < -0.3 is 9.64 Å². The number of methoxy groups -OCH3 is 1. The number of aryl methyl sites for hydroxylation is 1. The van der Waals surface area contributed by atoms with E-state index in [1.54, 1.807) is 24.1 Å². The van der Waals surface area contributed by atoms with E-state index in [0.29, 0.717) is 16.5 Å². The van der Waals surface area contributed by atoms with Crippen molar-refractivity contribution < 1.29 is 9.53 Å². The van der Waals surface area contributed by atoms with E-state index in [9.17, 15) is 4.79 Å². The van der Waals surface area contributed by atoms with Crippen LogP contribution in [0.3, 0.4) is 0 Å². The first kappa shape index (κ1) is 17.9. The number of rotatable bonds is 3. The number of anilines is 2. The molecule has 0 unspecified atom stereocenters. The zero-order valence-corrected chi connectivity index (χ0v) is 15.9. The van der Waals surface area contributed by atoms with E-state index in [0.717, 1.165) is 17.0 Å². The molecule has 1 saturated heterocycles. The monoisotopic (exact) mass is 365 g/mol. The zero-order chi connectivity index (χ0) is 19.1. The summed E-state index contributed by atoms with van der Waals surface area (Å²) in [5.74, 6) is 0.637. The van der Waals surface area contributed by atoms with Gasteiger partial charge in [-0.25, -0.2) is 4.85 Å². The lowest BCUT2D eigenvalue weighted by molar-refractivity contribution is -0.120. The summed E-state index contributed by atoms with van der Waals surface area (Å²) in [6.07, 6.45) is 0. The van der Waals surface area contributed by atoms with Crippen molar-refractivity contribution in [3.63, 3.8) is 0 Å². The number of carbonyl (C=O) groups excluding carboxylic acids is 1. The van der Waals surface area contributed by atoms with Crippen LogP contribution in [0.1, 0.15) is 19.4 Å². The van der Waals surface area contributed by atoms with Gasteiger partial charge in [0.15, 0.2) is 10.8 Å². The van der Waals surface area contributed by atoms with Gasteiger partial charge >= 0.3 is 0 Å². The lowest BCUT2D eigenvalue weighted by Crippen LogP contribution is -2.44. The standard InChI is InChI=1S/C20H19N3O2S/c1-13-12-15(8-11-17(13)21-4)22-18(24)20(2,3)23(19(22)26)14-6-9-16(25-5)10-7-14/h6-12H,1-3,5H3. The number of carbonyl (C=O) groups is 1. The van der Waals surface area contributed by atoms with Crippen LogP contribution in [0.2, 0.25) is 0 Å². The van der Waals surface area contributed by atoms with Gasteiger partial charge in [-0.3, -0.25) is 9.69 Å². The Balaban J connectivity index is 2.04. The van der Waals surface area contributed by atoms with E-state index in [2.05, 4.69) is 4.85 Å². The Kier molecular flexibility index (Phi) is 4.43. The van der Waals surface area contributed by atoms with E-state index in [1.165, 1.54) is 0 Å². The number of ether oxygens (including phenoxy) is 1. The van der Waals surface area contributed by atoms with Gasteiger partial charge in [0, 0.05) is 11.4 Å². The molecule has 0 atom stereocenters. The number of hydrogen-bond donors (Lipinski definition) is 0. The molecule has 0 bridgehead atoms. The average Bonchev–Trinajstić information content (AvgIpc) is 2.80. The topological polar surface area (TPSA) is 37.1 Å². The summed E-state index contributed by atoms with van der Waals surface area (Å²) in [4.78, 5) is 20.0. The summed E-state index contributed by atoms with van der Waals surface area (Å²) in [5.41, 5.74) is 2.06. The highest BCUT2D eigenvalue weighted by atomic mass is 32.1. The second kappa shape index (κ2) is 6.43. The molecule has 5 nitrogen and oxygen atoms in total. The fourth-order valence-corrected chi connectivity index (χ4v) is 3.61. The summed E-state index contributed by atoms with van der Waals surface area (Å²) in [6.45, 7) is 12.7. The van der Waals surface area contributed by atoms with E-state index in [1.807, 2.05) is 56.0 Å². The molecule has 3 rings (SSSR count). The Morgan fingerprint density at radius 3 is 2.27 bits per heavy atom. The average molecular weight is 365 g/mol. The van der Waals surface area contributed by atoms with Crippen LogP contribution >= 0.6 is 12.2 Å². The number of nitrogens with zero attached hydrogens (tertiary/aromatic N) is 3. The summed E-state index contributed by atoms with van der Waals surface area (Å²) >= 11 is 5.66. The van der Waals surface area contributed by atoms with Crippen LogP contribution < -0.4 is 14.5 Å². The molecule has 0 saturated carbocycles. The molecule has 6 heteroatoms. The lowest BCUT2D eigenvalue weighted by atomic mass is 10.0. The largest absolute Gasteiger partial charge is 0.497 e. The normalized spacial score (nSPS) is 16.0. The molecule has 0 spiro atoms. The fraction of sp³-hybridized carbons (Fsp3) is 0.250. The molecule has 1 aliphatic heterocycles. The molecule has 26 heavy (non-hydrogen) atoms. The molecule has 1 aliphatic rings. The van der Waals surface area contributed by atoms with Crippen LogP contribution in [0.4, 0.5) is 17.1 Å². The van der Waals surface area contributed by atoms with Crippen molar-refractivity contribution in [3.05, 3.63) is 59.4 Å². The molecule has 2 aromatic carbocycles. The number of hydrogen-bond acceptors (Lipinski definition) is 3. The number of thiocarbonyl (C=S) groups is 1. The molecule has 1 fully saturated rings. The van der Waals surface area contributed by atoms with Crippen LogP contribution in [-0.2, 0) is 4.79 Å². The highest BCUT2D eigenvalue weighted by Gasteiger charge is 2.50. The lowest BCUT2D eigenvalue weighted by Gasteiger charge is -2.29. The van der Waals surface area contributed by atoms with Gasteiger partial charge in [0.1, 0.15) is 11.3 Å². The minimum atomic E-state index is -0.821. The summed E-state index contributed by atoms with van der Waals surface area (Å²) < 4.78 is 5.20. The van der Waals surface area contributed by atoms with Crippen LogP contribution in [-0.4, -0.2) is 23.7 Å². The summed E-state index contributed by atoms with van der Waals surface area (Å²) in [5, 5.41) is 0.417. The maximum atomic E-state index is 13.1. The van der Waals surface area contributed by atoms with Crippen molar-refractivity contribution in [1.82, 2.24) is 0 Å². The highest BCUT2D eigenvalue weighted by Crippen LogP contribution is 2.37. The Labute approximate surface area is 158 Å². The minimum Gasteiger partial charge on any atom is -0.497 e. The summed E-state index contributed by atoms with van der Waals surface area (Å²) in [6, 6.07) is 12.8. The van der Waals surface area contributed by atoms with Gasteiger partial charge in [-0.1, -0.05) is 6.07 Å². The van der Waals surface area contributed by atoms with Crippen LogP contribution in [0.15, 0.2) is 42.5 Å². The Morgan fingerprint density at radius 1 is 1.12 bits per heavy atom. The molecule has 2 aromatic rings. The molecule has 0 aromatic heterocycles. The van der Waals surface area contributed by atoms with E-state index in [-0.39, 0.29) is 5.91 Å². The van der Waals surface area contributed by atoms with Gasteiger partial charge in [-0.2, -0.15) is 0 Å². The van der Waals surface area contributed by atoms with Gasteiger partial charge in [-0.05, 0) is 75.0 Å². The second-order valence-electron chi connectivity index (χ2n) is 6.60. The quantitative estimate of drug-likeness (QED) is 0.594. The molecule has 0 aliphatic carbocycles. The van der Waals surface area contributed by atoms with Gasteiger partial charge in [0.25, 0.3) is 5.91 Å². The SMILES string of the molecule is [C-]#[N+]c1ccc(N2C(=O)C(C)(C)N(c3ccc(OC)cc3)C2=S)cc1C. The predicted molar refractivity (Wildman–Crippen MR) is 107 cm³/mol. The third-order valence-electron chi connectivity index (χ3n) is 4.56. The Bertz CT molecular complexity index is 929. The zero-order valence-electron chi connectivity index (χ0n) is 15.1. The molecule has 132 valence electrons. The number of amides is 1. The summed E-state index contributed by atoms with van der Waals surface area (Å²) in [7, 11) is 1.61. The van der Waals surface area contributed by atoms with Crippen LogP contribution in [0.5, 0.6) is 5.75 Å². The molecule has 1 heterocycles. The van der Waals surface area contributed by atoms with Gasteiger partial charge in [0.05, 0.1) is 13.7 Å². The smallest absolute Gasteiger partial charge is 0.259 e. The Hall–Kier alpha value is -2.91. The van der Waals surface area contributed by atoms with Crippen molar-refractivity contribution in [2.45, 2.75) is 26.3 Å². The first-order valence-electron chi connectivity index (χ1n) is 8.12. The van der Waals surface area contributed by atoms with Crippen molar-refractivity contribution in [3.8, 4) is 5.75 Å². The first-order chi connectivity index (χ1) is 12.3.